The molecule has 0 radical (unpaired) electrons. The first-order valence-corrected chi connectivity index (χ1v) is 10.9. The van der Waals surface area contributed by atoms with Gasteiger partial charge in [0.05, 0.1) is 5.71 Å². The van der Waals surface area contributed by atoms with E-state index in [0.29, 0.717) is 24.0 Å². The van der Waals surface area contributed by atoms with Gasteiger partial charge in [-0.2, -0.15) is 18.2 Å². The van der Waals surface area contributed by atoms with Gasteiger partial charge in [-0.25, -0.2) is 9.98 Å². The Morgan fingerprint density at radius 3 is 2.30 bits per heavy atom. The van der Waals surface area contributed by atoms with Gasteiger partial charge in [0, 0.05) is 12.0 Å². The zero-order valence-electron chi connectivity index (χ0n) is 18.4. The van der Waals surface area contributed by atoms with E-state index in [1.165, 1.54) is 5.56 Å². The molecule has 1 aliphatic carbocycles. The molecule has 1 aromatic heterocycles. The number of hydrogen-bond donors (Lipinski definition) is 3. The molecule has 0 bridgehead atoms. The van der Waals surface area contributed by atoms with Gasteiger partial charge in [-0.15, -0.1) is 0 Å². The summed E-state index contributed by atoms with van der Waals surface area (Å²) in [6.07, 6.45) is -1.71. The van der Waals surface area contributed by atoms with E-state index >= 15 is 0 Å². The summed E-state index contributed by atoms with van der Waals surface area (Å²) in [6, 6.07) is 7.91. The number of halogens is 3. The summed E-state index contributed by atoms with van der Waals surface area (Å²) in [5, 5.41) is 18.4. The Kier molecular flexibility index (Phi) is 6.09. The Bertz CT molecular complexity index is 1040. The zero-order valence-corrected chi connectivity index (χ0v) is 18.4. The normalized spacial score (nSPS) is 22.5. The molecule has 1 saturated carbocycles. The monoisotopic (exact) mass is 464 g/mol. The van der Waals surface area contributed by atoms with Crippen LogP contribution in [-0.2, 0) is 6.18 Å². The second-order valence-electron chi connectivity index (χ2n) is 9.21. The molecule has 0 atom stereocenters. The average Bonchev–Trinajstić information content (AvgIpc) is 2.72. The van der Waals surface area contributed by atoms with Gasteiger partial charge in [0.2, 0.25) is 11.7 Å². The van der Waals surface area contributed by atoms with Gasteiger partial charge in [0.15, 0.2) is 17.8 Å². The lowest BCUT2D eigenvalue weighted by atomic mass is 9.77. The molecule has 2 aromatic rings. The number of nitrogen functional groups attached to an aromatic ring is 1. The topological polar surface area (TPSA) is 114 Å². The number of alkyl halides is 3. The first kappa shape index (κ1) is 23.4. The maximum atomic E-state index is 13.0. The van der Waals surface area contributed by atoms with Crippen LogP contribution in [0.4, 0.5) is 24.7 Å². The van der Waals surface area contributed by atoms with Crippen LogP contribution in [0.1, 0.15) is 68.8 Å². The largest absolute Gasteiger partial charge is 0.463 e. The Hall–Kier alpha value is -2.72. The number of aliphatic hydroxyl groups is 2. The smallest absolute Gasteiger partial charge is 0.451 e. The number of rotatable bonds is 4. The number of benzene rings is 1. The third-order valence-corrected chi connectivity index (χ3v) is 6.32. The summed E-state index contributed by atoms with van der Waals surface area (Å²) in [4.78, 5) is 11.3. The van der Waals surface area contributed by atoms with Gasteiger partial charge in [0.1, 0.15) is 5.60 Å². The molecule has 0 spiro atoms. The molecular formula is C23H27F3N4O3. The number of anilines is 1. The van der Waals surface area contributed by atoms with E-state index in [1.54, 1.807) is 13.8 Å². The molecule has 1 fully saturated rings. The maximum absolute atomic E-state index is 13.0. The van der Waals surface area contributed by atoms with Crippen LogP contribution in [-0.4, -0.2) is 37.8 Å². The van der Waals surface area contributed by atoms with Crippen molar-refractivity contribution in [1.82, 2.24) is 9.97 Å². The average molecular weight is 464 g/mol. The van der Waals surface area contributed by atoms with Crippen LogP contribution in [0, 0.1) is 5.92 Å². The Labute approximate surface area is 189 Å². The van der Waals surface area contributed by atoms with Crippen LogP contribution in [0.15, 0.2) is 29.3 Å². The van der Waals surface area contributed by atoms with Gasteiger partial charge in [-0.05, 0) is 56.9 Å². The molecule has 178 valence electrons. The fourth-order valence-corrected chi connectivity index (χ4v) is 4.65. The number of nitrogens with two attached hydrogens (primary N) is 1. The van der Waals surface area contributed by atoms with E-state index in [9.17, 15) is 23.4 Å². The van der Waals surface area contributed by atoms with Gasteiger partial charge < -0.3 is 20.7 Å². The van der Waals surface area contributed by atoms with Crippen LogP contribution in [0.5, 0.6) is 5.88 Å². The molecule has 2 heterocycles. The number of nitrogens with zero attached hydrogens (tertiary/aromatic N) is 3. The van der Waals surface area contributed by atoms with Crippen LogP contribution in [0.2, 0.25) is 0 Å². The lowest BCUT2D eigenvalue weighted by molar-refractivity contribution is -0.145. The summed E-state index contributed by atoms with van der Waals surface area (Å²) >= 11 is 0. The van der Waals surface area contributed by atoms with Gasteiger partial charge in [-0.1, -0.05) is 24.3 Å². The number of ether oxygens (including phenoxy) is 1. The third kappa shape index (κ3) is 4.96. The van der Waals surface area contributed by atoms with Crippen molar-refractivity contribution >= 4 is 17.2 Å². The predicted molar refractivity (Wildman–Crippen MR) is 116 cm³/mol. The summed E-state index contributed by atoms with van der Waals surface area (Å²) in [6.45, 7) is 3.43. The van der Waals surface area contributed by atoms with Gasteiger partial charge in [0.25, 0.3) is 0 Å². The highest BCUT2D eigenvalue weighted by atomic mass is 19.4. The number of aliphatic imine (C=N–C) groups is 1. The minimum atomic E-state index is -4.74. The van der Waals surface area contributed by atoms with E-state index in [0.717, 1.165) is 31.2 Å². The fraction of sp³-hybridized carbons (Fsp3) is 0.522. The van der Waals surface area contributed by atoms with E-state index in [4.69, 9.17) is 10.5 Å². The van der Waals surface area contributed by atoms with Crippen LogP contribution in [0.25, 0.3) is 0 Å². The molecule has 1 aromatic carbocycles. The van der Waals surface area contributed by atoms with Gasteiger partial charge >= 0.3 is 6.18 Å². The lowest BCUT2D eigenvalue weighted by Gasteiger charge is -2.33. The summed E-state index contributed by atoms with van der Waals surface area (Å²) in [5.41, 5.74) is 7.21. The first-order chi connectivity index (χ1) is 15.4. The number of hydrogen-bond acceptors (Lipinski definition) is 7. The molecule has 4 rings (SSSR count). The van der Waals surface area contributed by atoms with Crippen molar-refractivity contribution in [3.63, 3.8) is 0 Å². The maximum Gasteiger partial charge on any atom is 0.451 e. The molecule has 7 nitrogen and oxygen atoms in total. The van der Waals surface area contributed by atoms with Crippen LogP contribution in [0.3, 0.4) is 0 Å². The molecular weight excluding hydrogens is 437 g/mol. The van der Waals surface area contributed by atoms with Gasteiger partial charge in [-0.3, -0.25) is 0 Å². The SMILES string of the molecule is CC1(C)Oc2nc(C(F)(F)F)nc(N)c2N=C1c1ccc(C2CCC(CC(O)O)CC2)cc1. The quantitative estimate of drug-likeness (QED) is 0.580. The second-order valence-corrected chi connectivity index (χ2v) is 9.21. The second kappa shape index (κ2) is 8.57. The first-order valence-electron chi connectivity index (χ1n) is 10.9. The van der Waals surface area contributed by atoms with Crippen LogP contribution < -0.4 is 10.5 Å². The Morgan fingerprint density at radius 1 is 1.09 bits per heavy atom. The molecule has 0 unspecified atom stereocenters. The third-order valence-electron chi connectivity index (χ3n) is 6.32. The predicted octanol–water partition coefficient (Wildman–Crippen LogP) is 4.34. The molecule has 33 heavy (non-hydrogen) atoms. The molecule has 4 N–H and O–H groups in total. The Balaban J connectivity index is 1.57. The highest BCUT2D eigenvalue weighted by Gasteiger charge is 2.40. The van der Waals surface area contributed by atoms with Crippen molar-refractivity contribution in [3.8, 4) is 5.88 Å². The molecule has 10 heteroatoms. The van der Waals surface area contributed by atoms with E-state index in [2.05, 4.69) is 15.0 Å². The molecule has 0 amide bonds. The van der Waals surface area contributed by atoms with Crippen molar-refractivity contribution in [3.05, 3.63) is 41.2 Å². The van der Waals surface area contributed by atoms with Crippen LogP contribution >= 0.6 is 0 Å². The highest BCUT2D eigenvalue weighted by Crippen LogP contribution is 2.42. The van der Waals surface area contributed by atoms with Crippen molar-refractivity contribution in [2.24, 2.45) is 10.9 Å². The standard InChI is InChI=1S/C23H27F3N4O3/c1-22(2)18(28-17-19(27)29-21(23(24,25)26)30-20(17)33-22)15-9-7-14(8-10-15)13-5-3-12(4-6-13)11-16(31)32/h7-10,12-13,16,31-32H,3-6,11H2,1-2H3,(H2,27,29,30). The number of aromatic nitrogens is 2. The van der Waals surface area contributed by atoms with E-state index in [1.807, 2.05) is 24.3 Å². The van der Waals surface area contributed by atoms with Crippen molar-refractivity contribution in [2.75, 3.05) is 5.73 Å². The summed E-state index contributed by atoms with van der Waals surface area (Å²) in [7, 11) is 0. The zero-order chi connectivity index (χ0) is 24.0. The summed E-state index contributed by atoms with van der Waals surface area (Å²) in [5.74, 6) is -1.30. The number of fused-ring (bicyclic) bond motifs is 1. The highest BCUT2D eigenvalue weighted by molar-refractivity contribution is 6.09. The van der Waals surface area contributed by atoms with Crippen molar-refractivity contribution in [1.29, 1.82) is 0 Å². The molecule has 2 aliphatic rings. The number of aliphatic hydroxyl groups excluding tert-OH is 1. The van der Waals surface area contributed by atoms with Crippen molar-refractivity contribution < 1.29 is 28.1 Å². The minimum absolute atomic E-state index is 0.00852. The summed E-state index contributed by atoms with van der Waals surface area (Å²) < 4.78 is 44.9. The van der Waals surface area contributed by atoms with E-state index in [-0.39, 0.29) is 17.4 Å². The Morgan fingerprint density at radius 2 is 1.73 bits per heavy atom. The fourth-order valence-electron chi connectivity index (χ4n) is 4.65. The van der Waals surface area contributed by atoms with Crippen molar-refractivity contribution in [2.45, 2.75) is 69.9 Å². The molecule has 1 aliphatic heterocycles. The minimum Gasteiger partial charge on any atom is -0.463 e. The lowest BCUT2D eigenvalue weighted by Crippen LogP contribution is -2.41. The van der Waals surface area contributed by atoms with E-state index < -0.39 is 23.9 Å². The molecule has 0 saturated heterocycles.